The third kappa shape index (κ3) is 7.17. The minimum Gasteiger partial charge on any atom is -0.389 e. The molecule has 1 aromatic rings. The van der Waals surface area contributed by atoms with E-state index in [0.29, 0.717) is 62.2 Å². The topological polar surface area (TPSA) is 64.1 Å². The van der Waals surface area contributed by atoms with E-state index in [9.17, 15) is 19.1 Å². The number of hydrogen-bond donors (Lipinski definition) is 1. The molecule has 9 heteroatoms. The normalized spacial score (nSPS) is 23.1. The zero-order valence-corrected chi connectivity index (χ0v) is 19.6. The van der Waals surface area contributed by atoms with Crippen molar-refractivity contribution in [2.24, 2.45) is 0 Å². The van der Waals surface area contributed by atoms with Gasteiger partial charge in [0, 0.05) is 51.8 Å². The molecule has 2 aliphatic rings. The summed E-state index contributed by atoms with van der Waals surface area (Å²) in [7, 11) is 0. The maximum absolute atomic E-state index is 13.4. The predicted octanol–water partition coefficient (Wildman–Crippen LogP) is 3.25. The summed E-state index contributed by atoms with van der Waals surface area (Å²) in [6.45, 7) is 3.86. The monoisotopic (exact) mass is 485 g/mol. The average Bonchev–Trinajstić information content (AvgIpc) is 2.96. The Kier molecular flexibility index (Phi) is 9.34. The fraction of sp³-hybridized carbons (Fsp3) is 0.565. The van der Waals surface area contributed by atoms with Crippen molar-refractivity contribution in [3.8, 4) is 0 Å². The van der Waals surface area contributed by atoms with Gasteiger partial charge in [-0.15, -0.1) is 0 Å². The van der Waals surface area contributed by atoms with Crippen LogP contribution in [0.25, 0.3) is 6.08 Å². The van der Waals surface area contributed by atoms with Gasteiger partial charge in [-0.3, -0.25) is 9.59 Å². The summed E-state index contributed by atoms with van der Waals surface area (Å²) in [5.74, 6) is -0.0806. The number of hydrogen-bond acceptors (Lipinski definition) is 4. The Bertz CT molecular complexity index is 839. The molecule has 32 heavy (non-hydrogen) atoms. The second kappa shape index (κ2) is 12.0. The van der Waals surface area contributed by atoms with Crippen molar-refractivity contribution < 1.29 is 19.1 Å². The number of aliphatic hydroxyl groups excluding tert-OH is 1. The molecule has 6 nitrogen and oxygen atoms in total. The zero-order valence-electron chi connectivity index (χ0n) is 18.1. The maximum Gasteiger partial charge on any atom is 0.246 e. The third-order valence-electron chi connectivity index (χ3n) is 6.00. The molecular formula is C23H30Cl2FN3O3. The van der Waals surface area contributed by atoms with Crippen LogP contribution in [0.4, 0.5) is 4.39 Å². The van der Waals surface area contributed by atoms with E-state index in [1.54, 1.807) is 29.2 Å². The second-order valence-electron chi connectivity index (χ2n) is 8.34. The Morgan fingerprint density at radius 3 is 2.66 bits per heavy atom. The van der Waals surface area contributed by atoms with Crippen LogP contribution >= 0.6 is 23.2 Å². The molecule has 2 saturated heterocycles. The van der Waals surface area contributed by atoms with Crippen LogP contribution in [0.3, 0.4) is 0 Å². The predicted molar refractivity (Wildman–Crippen MR) is 124 cm³/mol. The molecule has 176 valence electrons. The summed E-state index contributed by atoms with van der Waals surface area (Å²) in [6.07, 6.45) is 3.56. The van der Waals surface area contributed by atoms with Gasteiger partial charge < -0.3 is 19.8 Å². The van der Waals surface area contributed by atoms with E-state index in [1.807, 2.05) is 4.90 Å². The number of alkyl halides is 1. The number of rotatable bonds is 7. The molecule has 0 aliphatic carbocycles. The molecule has 0 bridgehead atoms. The number of amides is 2. The number of aliphatic hydroxyl groups is 1. The van der Waals surface area contributed by atoms with Gasteiger partial charge in [-0.25, -0.2) is 4.39 Å². The van der Waals surface area contributed by atoms with Crippen LogP contribution < -0.4 is 0 Å². The Balaban J connectivity index is 1.41. The highest BCUT2D eigenvalue weighted by Gasteiger charge is 2.27. The number of carbonyl (C=O) groups is 2. The van der Waals surface area contributed by atoms with Crippen LogP contribution in [0.5, 0.6) is 0 Å². The van der Waals surface area contributed by atoms with E-state index < -0.39 is 12.3 Å². The molecule has 0 spiro atoms. The minimum absolute atomic E-state index is 0.0578. The van der Waals surface area contributed by atoms with Gasteiger partial charge in [-0.2, -0.15) is 0 Å². The zero-order chi connectivity index (χ0) is 23.1. The molecular weight excluding hydrogens is 456 g/mol. The molecule has 0 aromatic heterocycles. The number of β-amino-alcohol motifs (C(OH)–C–C–N with tert-alkyl or cyclic N) is 1. The van der Waals surface area contributed by atoms with Crippen molar-refractivity contribution in [1.29, 1.82) is 0 Å². The molecule has 1 N–H and O–H groups in total. The summed E-state index contributed by atoms with van der Waals surface area (Å²) in [5, 5.41) is 10.5. The van der Waals surface area contributed by atoms with Crippen molar-refractivity contribution in [2.75, 3.05) is 45.8 Å². The maximum atomic E-state index is 13.4. The van der Waals surface area contributed by atoms with Gasteiger partial charge in [-0.1, -0.05) is 29.3 Å². The molecule has 3 rings (SSSR count). The SMILES string of the molecule is O=C(C=Cc1ccc(Cl)c(Cl)c1)N1CCC(=O)N(CCCCN2CC[C@H](F)[C@@H](O)C2)CC1. The number of nitrogens with zero attached hydrogens (tertiary/aromatic N) is 3. The fourth-order valence-electron chi connectivity index (χ4n) is 4.02. The van der Waals surface area contributed by atoms with E-state index in [1.165, 1.54) is 6.08 Å². The van der Waals surface area contributed by atoms with Crippen molar-refractivity contribution in [3.05, 3.63) is 39.9 Å². The number of unbranched alkanes of at least 4 members (excludes halogenated alkanes) is 1. The van der Waals surface area contributed by atoms with Crippen LogP contribution in [-0.4, -0.2) is 89.7 Å². The van der Waals surface area contributed by atoms with Gasteiger partial charge in [0.1, 0.15) is 6.17 Å². The van der Waals surface area contributed by atoms with Crippen molar-refractivity contribution in [2.45, 2.75) is 38.0 Å². The molecule has 0 unspecified atom stereocenters. The van der Waals surface area contributed by atoms with Gasteiger partial charge in [0.2, 0.25) is 11.8 Å². The Morgan fingerprint density at radius 2 is 1.91 bits per heavy atom. The van der Waals surface area contributed by atoms with E-state index in [-0.39, 0.29) is 11.8 Å². The Labute approximate surface area is 198 Å². The van der Waals surface area contributed by atoms with Crippen molar-refractivity contribution in [1.82, 2.24) is 14.7 Å². The lowest BCUT2D eigenvalue weighted by Gasteiger charge is -2.32. The molecule has 2 aliphatic heterocycles. The first-order chi connectivity index (χ1) is 15.3. The van der Waals surface area contributed by atoms with E-state index in [4.69, 9.17) is 23.2 Å². The molecule has 2 atom stereocenters. The summed E-state index contributed by atoms with van der Waals surface area (Å²) in [6, 6.07) is 5.16. The van der Waals surface area contributed by atoms with Gasteiger partial charge in [0.05, 0.1) is 16.1 Å². The van der Waals surface area contributed by atoms with Gasteiger partial charge in [0.15, 0.2) is 0 Å². The highest BCUT2D eigenvalue weighted by Crippen LogP contribution is 2.23. The highest BCUT2D eigenvalue weighted by molar-refractivity contribution is 6.42. The van der Waals surface area contributed by atoms with Crippen LogP contribution in [0, 0.1) is 0 Å². The number of piperidine rings is 1. The smallest absolute Gasteiger partial charge is 0.246 e. The van der Waals surface area contributed by atoms with Crippen LogP contribution in [0.2, 0.25) is 10.0 Å². The van der Waals surface area contributed by atoms with Crippen LogP contribution in [0.1, 0.15) is 31.2 Å². The third-order valence-corrected chi connectivity index (χ3v) is 6.74. The summed E-state index contributed by atoms with van der Waals surface area (Å²) < 4.78 is 13.4. The Morgan fingerprint density at radius 1 is 1.12 bits per heavy atom. The van der Waals surface area contributed by atoms with Crippen LogP contribution in [-0.2, 0) is 9.59 Å². The van der Waals surface area contributed by atoms with E-state index in [2.05, 4.69) is 4.90 Å². The lowest BCUT2D eigenvalue weighted by molar-refractivity contribution is -0.130. The van der Waals surface area contributed by atoms with Crippen molar-refractivity contribution in [3.63, 3.8) is 0 Å². The fourth-order valence-corrected chi connectivity index (χ4v) is 4.33. The molecule has 2 heterocycles. The summed E-state index contributed by atoms with van der Waals surface area (Å²) in [4.78, 5) is 30.6. The molecule has 2 fully saturated rings. The number of carbonyl (C=O) groups excluding carboxylic acids is 2. The second-order valence-corrected chi connectivity index (χ2v) is 9.16. The van der Waals surface area contributed by atoms with Gasteiger partial charge in [0.25, 0.3) is 0 Å². The van der Waals surface area contributed by atoms with E-state index >= 15 is 0 Å². The number of halogens is 3. The lowest BCUT2D eigenvalue weighted by Crippen LogP contribution is -2.45. The van der Waals surface area contributed by atoms with Crippen LogP contribution in [0.15, 0.2) is 24.3 Å². The van der Waals surface area contributed by atoms with Crippen molar-refractivity contribution >= 4 is 41.1 Å². The first kappa shape index (κ1) is 25.0. The number of likely N-dealkylation sites (tertiary alicyclic amines) is 1. The molecule has 0 radical (unpaired) electrons. The first-order valence-corrected chi connectivity index (χ1v) is 11.8. The molecule has 2 amide bonds. The summed E-state index contributed by atoms with van der Waals surface area (Å²) in [5.41, 5.74) is 0.781. The standard InChI is InChI=1S/C23H30Cl2FN3O3/c24-18-5-3-17(15-19(18)25)4-6-22(31)29-12-8-23(32)28(13-14-29)10-2-1-9-27-11-7-20(26)21(30)16-27/h3-6,15,20-21,30H,1-2,7-14,16H2/t20-,21-/m0/s1. The Hall–Kier alpha value is -1.67. The first-order valence-electron chi connectivity index (χ1n) is 11.1. The molecule has 1 aromatic carbocycles. The van der Waals surface area contributed by atoms with Gasteiger partial charge >= 0.3 is 0 Å². The average molecular weight is 486 g/mol. The van der Waals surface area contributed by atoms with Gasteiger partial charge in [-0.05, 0) is 49.6 Å². The minimum atomic E-state index is -1.12. The largest absolute Gasteiger partial charge is 0.389 e. The highest BCUT2D eigenvalue weighted by atomic mass is 35.5. The quantitative estimate of drug-likeness (QED) is 0.475. The van der Waals surface area contributed by atoms with E-state index in [0.717, 1.165) is 24.9 Å². The lowest BCUT2D eigenvalue weighted by atomic mass is 10.1. The summed E-state index contributed by atoms with van der Waals surface area (Å²) >= 11 is 11.9. The number of benzene rings is 1. The molecule has 0 saturated carbocycles.